The standard InChI is InChI=1S/C30H30O4/c1-3-5-15-33-27-13-9-23-17-21(19-31)7-11-25(23)29(27)30-26-12-8-22(20-32)18-24(26)10-14-28(30)34-16-6-4-2/h7-14,17-20H,3-6,15-16H2,1-2H3. The molecule has 0 radical (unpaired) electrons. The summed E-state index contributed by atoms with van der Waals surface area (Å²) in [6, 6.07) is 19.4. The maximum atomic E-state index is 11.4. The van der Waals surface area contributed by atoms with Gasteiger partial charge in [0.1, 0.15) is 24.1 Å². The number of carbonyl (C=O) groups is 2. The van der Waals surface area contributed by atoms with Crippen LogP contribution in [0, 0.1) is 0 Å². The predicted octanol–water partition coefficient (Wildman–Crippen LogP) is 7.64. The Labute approximate surface area is 200 Å². The minimum Gasteiger partial charge on any atom is -0.493 e. The van der Waals surface area contributed by atoms with Crippen LogP contribution in [-0.4, -0.2) is 25.8 Å². The summed E-state index contributed by atoms with van der Waals surface area (Å²) in [5.41, 5.74) is 3.15. The molecule has 0 spiro atoms. The van der Waals surface area contributed by atoms with Crippen LogP contribution in [0.1, 0.15) is 60.2 Å². The van der Waals surface area contributed by atoms with Gasteiger partial charge in [-0.05, 0) is 58.7 Å². The maximum absolute atomic E-state index is 11.4. The SMILES string of the molecule is CCCCOc1ccc2cc(C=O)ccc2c1-c1c(OCCCC)ccc2cc(C=O)ccc12. The van der Waals surface area contributed by atoms with Crippen LogP contribution in [0.2, 0.25) is 0 Å². The van der Waals surface area contributed by atoms with E-state index in [1.807, 2.05) is 60.7 Å². The molecular weight excluding hydrogens is 424 g/mol. The van der Waals surface area contributed by atoms with Crippen molar-refractivity contribution in [2.45, 2.75) is 39.5 Å². The van der Waals surface area contributed by atoms with Gasteiger partial charge in [-0.3, -0.25) is 9.59 Å². The number of hydrogen-bond acceptors (Lipinski definition) is 4. The number of ether oxygens (including phenoxy) is 2. The molecule has 0 aliphatic rings. The Morgan fingerprint density at radius 1 is 0.618 bits per heavy atom. The van der Waals surface area contributed by atoms with Crippen LogP contribution >= 0.6 is 0 Å². The van der Waals surface area contributed by atoms with Crippen molar-refractivity contribution in [3.8, 4) is 22.6 Å². The average molecular weight is 455 g/mol. The van der Waals surface area contributed by atoms with E-state index >= 15 is 0 Å². The Kier molecular flexibility index (Phi) is 7.58. The number of benzene rings is 4. The van der Waals surface area contributed by atoms with E-state index in [-0.39, 0.29) is 0 Å². The molecule has 4 rings (SSSR count). The van der Waals surface area contributed by atoms with Crippen molar-refractivity contribution < 1.29 is 19.1 Å². The van der Waals surface area contributed by atoms with Gasteiger partial charge in [-0.2, -0.15) is 0 Å². The molecule has 0 saturated heterocycles. The highest BCUT2D eigenvalue weighted by atomic mass is 16.5. The molecule has 174 valence electrons. The highest BCUT2D eigenvalue weighted by Crippen LogP contribution is 2.45. The molecule has 4 aromatic rings. The lowest BCUT2D eigenvalue weighted by Crippen LogP contribution is -2.02. The molecule has 0 aliphatic heterocycles. The zero-order valence-electron chi connectivity index (χ0n) is 19.8. The Hall–Kier alpha value is -3.66. The number of fused-ring (bicyclic) bond motifs is 2. The van der Waals surface area contributed by atoms with E-state index in [1.54, 1.807) is 0 Å². The highest BCUT2D eigenvalue weighted by Gasteiger charge is 2.19. The van der Waals surface area contributed by atoms with E-state index in [0.29, 0.717) is 24.3 Å². The van der Waals surface area contributed by atoms with Crippen molar-refractivity contribution in [3.05, 3.63) is 71.8 Å². The van der Waals surface area contributed by atoms with Gasteiger partial charge in [0, 0.05) is 22.3 Å². The highest BCUT2D eigenvalue weighted by molar-refractivity contribution is 6.11. The fourth-order valence-electron chi connectivity index (χ4n) is 4.21. The lowest BCUT2D eigenvalue weighted by Gasteiger charge is -2.20. The third-order valence-corrected chi connectivity index (χ3v) is 6.04. The van der Waals surface area contributed by atoms with Crippen LogP contribution in [0.5, 0.6) is 11.5 Å². The van der Waals surface area contributed by atoms with Crippen LogP contribution in [0.25, 0.3) is 32.7 Å². The fraction of sp³-hybridized carbons (Fsp3) is 0.267. The van der Waals surface area contributed by atoms with Gasteiger partial charge in [0.25, 0.3) is 0 Å². The molecule has 0 atom stereocenters. The van der Waals surface area contributed by atoms with Gasteiger partial charge in [0.15, 0.2) is 0 Å². The molecule has 0 aliphatic carbocycles. The molecule has 0 unspecified atom stereocenters. The van der Waals surface area contributed by atoms with Crippen molar-refractivity contribution in [2.24, 2.45) is 0 Å². The second-order valence-electron chi connectivity index (χ2n) is 8.48. The first kappa shape index (κ1) is 23.5. The van der Waals surface area contributed by atoms with Gasteiger partial charge in [0.05, 0.1) is 13.2 Å². The van der Waals surface area contributed by atoms with Gasteiger partial charge in [-0.25, -0.2) is 0 Å². The van der Waals surface area contributed by atoms with Crippen molar-refractivity contribution in [2.75, 3.05) is 13.2 Å². The molecule has 4 nitrogen and oxygen atoms in total. The minimum absolute atomic E-state index is 0.619. The van der Waals surface area contributed by atoms with Gasteiger partial charge in [-0.15, -0.1) is 0 Å². The van der Waals surface area contributed by atoms with Crippen molar-refractivity contribution in [3.63, 3.8) is 0 Å². The summed E-state index contributed by atoms with van der Waals surface area (Å²) in [5.74, 6) is 1.57. The van der Waals surface area contributed by atoms with E-state index in [9.17, 15) is 9.59 Å². The molecule has 0 amide bonds. The molecule has 34 heavy (non-hydrogen) atoms. The molecular formula is C30H30O4. The predicted molar refractivity (Wildman–Crippen MR) is 138 cm³/mol. The Morgan fingerprint density at radius 2 is 1.06 bits per heavy atom. The van der Waals surface area contributed by atoms with Crippen molar-refractivity contribution >= 4 is 34.1 Å². The van der Waals surface area contributed by atoms with Crippen LogP contribution in [-0.2, 0) is 0 Å². The van der Waals surface area contributed by atoms with E-state index < -0.39 is 0 Å². The Morgan fingerprint density at radius 3 is 1.44 bits per heavy atom. The average Bonchev–Trinajstić information content (AvgIpc) is 2.88. The molecule has 0 saturated carbocycles. The fourth-order valence-corrected chi connectivity index (χ4v) is 4.21. The van der Waals surface area contributed by atoms with Crippen LogP contribution in [0.3, 0.4) is 0 Å². The maximum Gasteiger partial charge on any atom is 0.150 e. The molecule has 4 aromatic carbocycles. The van der Waals surface area contributed by atoms with Crippen LogP contribution in [0.15, 0.2) is 60.7 Å². The summed E-state index contributed by atoms with van der Waals surface area (Å²) in [5, 5.41) is 3.91. The number of unbranched alkanes of at least 4 members (excludes halogenated alkanes) is 2. The van der Waals surface area contributed by atoms with Crippen molar-refractivity contribution in [1.82, 2.24) is 0 Å². The normalized spacial score (nSPS) is 11.0. The third-order valence-electron chi connectivity index (χ3n) is 6.04. The quantitative estimate of drug-likeness (QED) is 0.173. The largest absolute Gasteiger partial charge is 0.493 e. The Balaban J connectivity index is 2.02. The first-order valence-electron chi connectivity index (χ1n) is 12.0. The van der Waals surface area contributed by atoms with Gasteiger partial charge in [-0.1, -0.05) is 63.1 Å². The van der Waals surface area contributed by atoms with E-state index in [1.165, 1.54) is 0 Å². The van der Waals surface area contributed by atoms with E-state index in [4.69, 9.17) is 9.47 Å². The van der Waals surface area contributed by atoms with E-state index in [2.05, 4.69) is 13.8 Å². The minimum atomic E-state index is 0.619. The van der Waals surface area contributed by atoms with Crippen LogP contribution < -0.4 is 9.47 Å². The number of hydrogen-bond donors (Lipinski definition) is 0. The number of rotatable bonds is 11. The lowest BCUT2D eigenvalue weighted by molar-refractivity contribution is 0.111. The first-order valence-corrected chi connectivity index (χ1v) is 12.0. The monoisotopic (exact) mass is 454 g/mol. The molecule has 4 heteroatoms. The molecule has 0 bridgehead atoms. The second kappa shape index (κ2) is 11.0. The summed E-state index contributed by atoms with van der Waals surface area (Å²) >= 11 is 0. The number of aldehydes is 2. The summed E-state index contributed by atoms with van der Waals surface area (Å²) in [7, 11) is 0. The third kappa shape index (κ3) is 4.81. The first-order chi connectivity index (χ1) is 16.7. The summed E-state index contributed by atoms with van der Waals surface area (Å²) in [4.78, 5) is 22.8. The molecule has 0 heterocycles. The van der Waals surface area contributed by atoms with Crippen LogP contribution in [0.4, 0.5) is 0 Å². The van der Waals surface area contributed by atoms with Crippen molar-refractivity contribution in [1.29, 1.82) is 0 Å². The summed E-state index contributed by atoms with van der Waals surface area (Å²) < 4.78 is 12.6. The van der Waals surface area contributed by atoms with E-state index in [0.717, 1.165) is 82.4 Å². The van der Waals surface area contributed by atoms with Gasteiger partial charge < -0.3 is 9.47 Å². The molecule has 0 N–H and O–H groups in total. The number of carbonyl (C=O) groups excluding carboxylic acids is 2. The van der Waals surface area contributed by atoms with Gasteiger partial charge >= 0.3 is 0 Å². The van der Waals surface area contributed by atoms with Gasteiger partial charge in [0.2, 0.25) is 0 Å². The molecule has 0 aromatic heterocycles. The topological polar surface area (TPSA) is 52.6 Å². The zero-order valence-corrected chi connectivity index (χ0v) is 19.8. The lowest BCUT2D eigenvalue weighted by atomic mass is 9.91. The summed E-state index contributed by atoms with van der Waals surface area (Å²) in [6.45, 7) is 5.52. The zero-order chi connectivity index (χ0) is 23.9. The molecule has 0 fully saturated rings. The summed E-state index contributed by atoms with van der Waals surface area (Å²) in [6.07, 6.45) is 5.73. The smallest absolute Gasteiger partial charge is 0.150 e. The second-order valence-corrected chi connectivity index (χ2v) is 8.48. The Bertz CT molecular complexity index is 1220.